The molecule has 0 bridgehead atoms. The Morgan fingerprint density at radius 2 is 2.04 bits per heavy atom. The van der Waals surface area contributed by atoms with E-state index in [1.807, 2.05) is 11.3 Å². The molecule has 0 radical (unpaired) electrons. The van der Waals surface area contributed by atoms with Crippen molar-refractivity contribution in [2.24, 2.45) is 0 Å². The summed E-state index contributed by atoms with van der Waals surface area (Å²) >= 11 is 1.83. The first-order valence-corrected chi connectivity index (χ1v) is 9.21. The lowest BCUT2D eigenvalue weighted by Gasteiger charge is -2.14. The van der Waals surface area contributed by atoms with Crippen LogP contribution in [0.5, 0.6) is 0 Å². The Hall–Kier alpha value is -1.69. The maximum atomic E-state index is 11.9. The number of rotatable bonds is 4. The molecule has 0 aliphatic heterocycles. The number of fused-ring (bicyclic) bond motifs is 3. The van der Waals surface area contributed by atoms with Crippen LogP contribution in [0.3, 0.4) is 0 Å². The van der Waals surface area contributed by atoms with Crippen LogP contribution in [0.25, 0.3) is 10.2 Å². The highest BCUT2D eigenvalue weighted by Crippen LogP contribution is 2.43. The summed E-state index contributed by atoms with van der Waals surface area (Å²) in [7, 11) is 3.56. The van der Waals surface area contributed by atoms with Gasteiger partial charge in [0.1, 0.15) is 16.5 Å². The van der Waals surface area contributed by atoms with Gasteiger partial charge in [-0.2, -0.15) is 0 Å². The number of carbonyl (C=O) groups is 1. The Bertz CT molecular complexity index is 764. The van der Waals surface area contributed by atoms with Crippen LogP contribution in [0.15, 0.2) is 0 Å². The van der Waals surface area contributed by atoms with Crippen molar-refractivity contribution in [2.45, 2.75) is 44.4 Å². The van der Waals surface area contributed by atoms with Gasteiger partial charge in [-0.25, -0.2) is 9.97 Å². The second-order valence-corrected chi connectivity index (χ2v) is 7.82. The van der Waals surface area contributed by atoms with Crippen LogP contribution in [0.4, 0.5) is 5.82 Å². The van der Waals surface area contributed by atoms with Crippen molar-refractivity contribution < 1.29 is 4.79 Å². The molecule has 0 aromatic carbocycles. The summed E-state index contributed by atoms with van der Waals surface area (Å²) in [6.07, 6.45) is 7.15. The fourth-order valence-corrected chi connectivity index (χ4v) is 4.41. The molecule has 1 N–H and O–H groups in total. The highest BCUT2D eigenvalue weighted by molar-refractivity contribution is 7.19. The number of nitrogens with one attached hydrogen (secondary N) is 1. The van der Waals surface area contributed by atoms with Crippen molar-refractivity contribution in [1.82, 2.24) is 14.9 Å². The number of anilines is 1. The van der Waals surface area contributed by atoms with E-state index in [1.54, 1.807) is 19.0 Å². The van der Waals surface area contributed by atoms with Gasteiger partial charge >= 0.3 is 0 Å². The summed E-state index contributed by atoms with van der Waals surface area (Å²) < 4.78 is 0. The zero-order valence-electron chi connectivity index (χ0n) is 13.7. The predicted octanol–water partition coefficient (Wildman–Crippen LogP) is 2.95. The molecule has 1 saturated carbocycles. The molecule has 6 heteroatoms. The summed E-state index contributed by atoms with van der Waals surface area (Å²) in [5.41, 5.74) is 1.42. The monoisotopic (exact) mass is 330 g/mol. The third-order valence-electron chi connectivity index (χ3n) is 4.68. The minimum absolute atomic E-state index is 0.0637. The van der Waals surface area contributed by atoms with Crippen molar-refractivity contribution in [1.29, 1.82) is 0 Å². The number of likely N-dealkylation sites (N-methyl/N-ethyl adjacent to an activating group) is 1. The number of aromatic nitrogens is 2. The predicted molar refractivity (Wildman–Crippen MR) is 93.2 cm³/mol. The van der Waals surface area contributed by atoms with E-state index in [-0.39, 0.29) is 12.5 Å². The molecule has 0 saturated heterocycles. The molecule has 0 spiro atoms. The molecule has 2 aromatic rings. The molecule has 1 fully saturated rings. The summed E-state index contributed by atoms with van der Waals surface area (Å²) in [6.45, 7) is 0.286. The summed E-state index contributed by atoms with van der Waals surface area (Å²) in [5.74, 6) is 2.40. The van der Waals surface area contributed by atoms with E-state index in [4.69, 9.17) is 9.97 Å². The third-order valence-corrected chi connectivity index (χ3v) is 5.87. The first-order valence-electron chi connectivity index (χ1n) is 8.39. The van der Waals surface area contributed by atoms with Gasteiger partial charge in [0.2, 0.25) is 5.91 Å². The molecule has 2 aliphatic rings. The SMILES string of the molecule is CN(C)C(=O)CNc1nc(C2CC2)nc2sc3c(c12)CCCC3. The number of carbonyl (C=O) groups excluding carboxylic acids is 1. The number of hydrogen-bond acceptors (Lipinski definition) is 5. The quantitative estimate of drug-likeness (QED) is 0.936. The molecule has 2 aromatic heterocycles. The van der Waals surface area contributed by atoms with E-state index >= 15 is 0 Å². The molecule has 0 atom stereocenters. The van der Waals surface area contributed by atoms with Crippen LogP contribution in [0.1, 0.15) is 47.9 Å². The van der Waals surface area contributed by atoms with Gasteiger partial charge in [0, 0.05) is 24.9 Å². The Balaban J connectivity index is 1.75. The van der Waals surface area contributed by atoms with Crippen LogP contribution >= 0.6 is 11.3 Å². The fraction of sp³-hybridized carbons (Fsp3) is 0.588. The van der Waals surface area contributed by atoms with Gasteiger partial charge in [-0.3, -0.25) is 4.79 Å². The average molecular weight is 330 g/mol. The first kappa shape index (κ1) is 14.9. The standard InChI is InChI=1S/C17H22N4OS/c1-21(2)13(22)9-18-16-14-11-5-3-4-6-12(11)23-17(14)20-15(19-16)10-7-8-10/h10H,3-9H2,1-2H3,(H,18,19,20). The van der Waals surface area contributed by atoms with Gasteiger partial charge in [-0.1, -0.05) is 0 Å². The van der Waals surface area contributed by atoms with Crippen LogP contribution in [-0.4, -0.2) is 41.4 Å². The number of aryl methyl sites for hydroxylation is 2. The van der Waals surface area contributed by atoms with Crippen molar-refractivity contribution in [3.05, 3.63) is 16.3 Å². The van der Waals surface area contributed by atoms with Crippen LogP contribution in [0, 0.1) is 0 Å². The maximum absolute atomic E-state index is 11.9. The minimum atomic E-state index is 0.0637. The number of amides is 1. The van der Waals surface area contributed by atoms with Gasteiger partial charge in [-0.05, 0) is 44.1 Å². The third kappa shape index (κ3) is 2.80. The molecule has 2 aliphatic carbocycles. The largest absolute Gasteiger partial charge is 0.360 e. The van der Waals surface area contributed by atoms with Gasteiger partial charge in [-0.15, -0.1) is 11.3 Å². The topological polar surface area (TPSA) is 58.1 Å². The molecule has 4 rings (SSSR count). The average Bonchev–Trinajstić information content (AvgIpc) is 3.32. The van der Waals surface area contributed by atoms with Gasteiger partial charge in [0.05, 0.1) is 11.9 Å². The van der Waals surface area contributed by atoms with Crippen molar-refractivity contribution in [3.8, 4) is 0 Å². The zero-order valence-corrected chi connectivity index (χ0v) is 14.5. The summed E-state index contributed by atoms with van der Waals surface area (Å²) in [4.78, 5) is 25.7. The molecule has 2 heterocycles. The Kier molecular flexibility index (Phi) is 3.71. The highest BCUT2D eigenvalue weighted by atomic mass is 32.1. The first-order chi connectivity index (χ1) is 11.1. The second-order valence-electron chi connectivity index (χ2n) is 6.74. The van der Waals surface area contributed by atoms with E-state index < -0.39 is 0 Å². The molecular weight excluding hydrogens is 308 g/mol. The van der Waals surface area contributed by atoms with Gasteiger partial charge in [0.15, 0.2) is 0 Å². The van der Waals surface area contributed by atoms with E-state index in [9.17, 15) is 4.79 Å². The number of thiophene rings is 1. The molecule has 122 valence electrons. The lowest BCUT2D eigenvalue weighted by atomic mass is 9.97. The molecule has 0 unspecified atom stereocenters. The smallest absolute Gasteiger partial charge is 0.241 e. The normalized spacial score (nSPS) is 17.1. The van der Waals surface area contributed by atoms with E-state index in [2.05, 4.69) is 5.32 Å². The lowest BCUT2D eigenvalue weighted by Crippen LogP contribution is -2.29. The van der Waals surface area contributed by atoms with Gasteiger partial charge in [0.25, 0.3) is 0 Å². The second kappa shape index (κ2) is 5.74. The molecular formula is C17H22N4OS. The van der Waals surface area contributed by atoms with Gasteiger partial charge < -0.3 is 10.2 Å². The molecule has 5 nitrogen and oxygen atoms in total. The highest BCUT2D eigenvalue weighted by Gasteiger charge is 2.29. The van der Waals surface area contributed by atoms with E-state index in [0.29, 0.717) is 5.92 Å². The van der Waals surface area contributed by atoms with Crippen molar-refractivity contribution in [3.63, 3.8) is 0 Å². The maximum Gasteiger partial charge on any atom is 0.241 e. The van der Waals surface area contributed by atoms with Crippen LogP contribution < -0.4 is 5.32 Å². The Labute approximate surface area is 140 Å². The van der Waals surface area contributed by atoms with E-state index in [0.717, 1.165) is 29.3 Å². The number of hydrogen-bond donors (Lipinski definition) is 1. The lowest BCUT2D eigenvalue weighted by molar-refractivity contribution is -0.126. The summed E-state index contributed by atoms with van der Waals surface area (Å²) in [5, 5.41) is 4.46. The molecule has 23 heavy (non-hydrogen) atoms. The van der Waals surface area contributed by atoms with Crippen molar-refractivity contribution >= 4 is 33.3 Å². The zero-order chi connectivity index (χ0) is 16.0. The molecule has 1 amide bonds. The van der Waals surface area contributed by atoms with Crippen LogP contribution in [0.2, 0.25) is 0 Å². The fourth-order valence-electron chi connectivity index (χ4n) is 3.14. The van der Waals surface area contributed by atoms with Crippen LogP contribution in [-0.2, 0) is 17.6 Å². The Morgan fingerprint density at radius 1 is 1.26 bits per heavy atom. The van der Waals surface area contributed by atoms with Crippen molar-refractivity contribution in [2.75, 3.05) is 26.0 Å². The number of nitrogens with zero attached hydrogens (tertiary/aromatic N) is 3. The summed E-state index contributed by atoms with van der Waals surface area (Å²) in [6, 6.07) is 0. The Morgan fingerprint density at radius 3 is 2.78 bits per heavy atom. The minimum Gasteiger partial charge on any atom is -0.360 e. The van der Waals surface area contributed by atoms with E-state index in [1.165, 1.54) is 41.5 Å².